The van der Waals surface area contributed by atoms with Gasteiger partial charge in [0.1, 0.15) is 21.0 Å². The summed E-state index contributed by atoms with van der Waals surface area (Å²) in [6.45, 7) is -0.240. The third kappa shape index (κ3) is 4.45. The van der Waals surface area contributed by atoms with Gasteiger partial charge in [-0.3, -0.25) is 0 Å². The molecule has 0 radical (unpaired) electrons. The number of benzene rings is 1. The van der Waals surface area contributed by atoms with Gasteiger partial charge in [0, 0.05) is 12.0 Å². The molecule has 1 aromatic carbocycles. The Hall–Kier alpha value is -2.55. The van der Waals surface area contributed by atoms with E-state index in [2.05, 4.69) is 0 Å². The number of esters is 1. The highest BCUT2D eigenvalue weighted by atomic mass is 35.5. The summed E-state index contributed by atoms with van der Waals surface area (Å²) in [5.41, 5.74) is 1.03. The fraction of sp³-hybridized carbons (Fsp3) is 0.200. The van der Waals surface area contributed by atoms with Crippen LogP contribution in [-0.2, 0) is 11.2 Å². The molecule has 0 spiro atoms. The summed E-state index contributed by atoms with van der Waals surface area (Å²) in [6.07, 6.45) is 0.116. The lowest BCUT2D eigenvalue weighted by Crippen LogP contribution is -2.26. The molecule has 3 aromatic rings. The Kier molecular flexibility index (Phi) is 5.99. The molecule has 0 saturated carbocycles. The van der Waals surface area contributed by atoms with Crippen LogP contribution >= 0.6 is 34.5 Å². The second-order valence-corrected chi connectivity index (χ2v) is 8.18. The summed E-state index contributed by atoms with van der Waals surface area (Å²) in [5, 5.41) is 13.6. The van der Waals surface area contributed by atoms with Crippen molar-refractivity contribution in [1.82, 2.24) is 0 Å². The van der Waals surface area contributed by atoms with Crippen LogP contribution in [0.2, 0.25) is 10.0 Å². The molecular formula is C20H14Cl2FNO5S. The van der Waals surface area contributed by atoms with Gasteiger partial charge in [-0.25, -0.2) is 4.79 Å². The normalized spacial score (nSPS) is 16.2. The lowest BCUT2D eigenvalue weighted by molar-refractivity contribution is -0.605. The molecule has 3 heterocycles. The molecule has 0 aliphatic carbocycles. The molecule has 2 atom stereocenters. The molecule has 0 saturated heterocycles. The minimum atomic E-state index is -1.54. The van der Waals surface area contributed by atoms with E-state index in [4.69, 9.17) is 37.4 Å². The van der Waals surface area contributed by atoms with Crippen molar-refractivity contribution in [3.63, 3.8) is 0 Å². The number of carbonyl (C=O) groups excluding carboxylic acids is 1. The average Bonchev–Trinajstić information content (AvgIpc) is 3.24. The first kappa shape index (κ1) is 20.7. The van der Waals surface area contributed by atoms with Crippen LogP contribution in [0.3, 0.4) is 0 Å². The largest absolute Gasteiger partial charge is 0.619 e. The molecule has 1 aliphatic heterocycles. The van der Waals surface area contributed by atoms with Gasteiger partial charge in [0.15, 0.2) is 30.5 Å². The van der Waals surface area contributed by atoms with Crippen molar-refractivity contribution in [2.24, 2.45) is 0 Å². The predicted octanol–water partition coefficient (Wildman–Crippen LogP) is 4.90. The maximum atomic E-state index is 13.4. The number of fused-ring (bicyclic) bond motifs is 1. The molecular weight excluding hydrogens is 456 g/mol. The first-order valence-electron chi connectivity index (χ1n) is 8.79. The molecule has 1 unspecified atom stereocenters. The number of hydrogen-bond donors (Lipinski definition) is 0. The van der Waals surface area contributed by atoms with Crippen LogP contribution in [-0.4, -0.2) is 18.9 Å². The van der Waals surface area contributed by atoms with E-state index in [1.165, 1.54) is 23.7 Å². The SMILES string of the molecule is O=C(O[C@@H](Cc1c(Cl)c[n+]([O-])cc1Cl)c1ccc2c(c1)OCC(F)O2)c1cccs1. The Bertz CT molecular complexity index is 1060. The number of nitrogens with zero attached hydrogens (tertiary/aromatic N) is 1. The third-order valence-corrected chi connectivity index (χ3v) is 5.88. The monoisotopic (exact) mass is 469 g/mol. The number of thiophene rings is 1. The predicted molar refractivity (Wildman–Crippen MR) is 109 cm³/mol. The van der Waals surface area contributed by atoms with Crippen molar-refractivity contribution in [2.75, 3.05) is 6.61 Å². The molecule has 0 N–H and O–H groups in total. The van der Waals surface area contributed by atoms with Crippen molar-refractivity contribution >= 4 is 40.5 Å². The average molecular weight is 470 g/mol. The van der Waals surface area contributed by atoms with Crippen molar-refractivity contribution < 1.29 is 28.1 Å². The Morgan fingerprint density at radius 1 is 1.30 bits per heavy atom. The van der Waals surface area contributed by atoms with Crippen LogP contribution < -0.4 is 14.2 Å². The number of rotatable bonds is 5. The van der Waals surface area contributed by atoms with Crippen molar-refractivity contribution in [3.05, 3.63) is 79.4 Å². The van der Waals surface area contributed by atoms with Gasteiger partial charge < -0.3 is 19.4 Å². The van der Waals surface area contributed by atoms with E-state index in [-0.39, 0.29) is 28.8 Å². The Balaban J connectivity index is 1.68. The zero-order valence-corrected chi connectivity index (χ0v) is 17.5. The van der Waals surface area contributed by atoms with Crippen LogP contribution in [0.1, 0.15) is 26.9 Å². The van der Waals surface area contributed by atoms with Crippen LogP contribution in [0, 0.1) is 5.21 Å². The molecule has 2 aromatic heterocycles. The van der Waals surface area contributed by atoms with Crippen molar-refractivity contribution in [2.45, 2.75) is 18.9 Å². The zero-order chi connectivity index (χ0) is 21.3. The van der Waals surface area contributed by atoms with E-state index in [0.717, 1.165) is 0 Å². The molecule has 10 heteroatoms. The number of halogens is 3. The summed E-state index contributed by atoms with van der Waals surface area (Å²) in [6, 6.07) is 8.20. The van der Waals surface area contributed by atoms with Crippen LogP contribution in [0.25, 0.3) is 0 Å². The summed E-state index contributed by atoms with van der Waals surface area (Å²) >= 11 is 13.7. The molecule has 156 valence electrons. The molecule has 0 fully saturated rings. The van der Waals surface area contributed by atoms with Crippen molar-refractivity contribution in [3.8, 4) is 11.5 Å². The Morgan fingerprint density at radius 3 is 2.77 bits per heavy atom. The standard InChI is InChI=1S/C20H14Cl2FNO5S/c21-13-8-24(26)9-14(22)12(13)7-16(29-20(25)18-2-1-5-30-18)11-3-4-15-17(6-11)27-10-19(23)28-15/h1-6,8-9,16,19H,7,10H2/t16-,19?/m0/s1. The molecule has 1 aliphatic rings. The number of pyridine rings is 1. The number of carbonyl (C=O) groups is 1. The summed E-state index contributed by atoms with van der Waals surface area (Å²) in [4.78, 5) is 13.0. The second kappa shape index (κ2) is 8.67. The zero-order valence-electron chi connectivity index (χ0n) is 15.2. The topological polar surface area (TPSA) is 71.7 Å². The highest BCUT2D eigenvalue weighted by Gasteiger charge is 2.26. The van der Waals surface area contributed by atoms with Gasteiger partial charge >= 0.3 is 5.97 Å². The molecule has 4 rings (SSSR count). The molecule has 0 amide bonds. The maximum Gasteiger partial charge on any atom is 0.348 e. The van der Waals surface area contributed by atoms with Crippen molar-refractivity contribution in [1.29, 1.82) is 0 Å². The van der Waals surface area contributed by atoms with Crippen LogP contribution in [0.4, 0.5) is 4.39 Å². The van der Waals surface area contributed by atoms with E-state index >= 15 is 0 Å². The number of alkyl halides is 1. The minimum Gasteiger partial charge on any atom is -0.619 e. The first-order valence-corrected chi connectivity index (χ1v) is 10.4. The van der Waals surface area contributed by atoms with E-state index in [1.54, 1.807) is 35.7 Å². The fourth-order valence-corrected chi connectivity index (χ4v) is 4.19. The third-order valence-electron chi connectivity index (χ3n) is 4.38. The fourth-order valence-electron chi connectivity index (χ4n) is 2.98. The Morgan fingerprint density at radius 2 is 2.07 bits per heavy atom. The minimum absolute atomic E-state index is 0.112. The van der Waals surface area contributed by atoms with Crippen LogP contribution in [0.5, 0.6) is 11.5 Å². The van der Waals surface area contributed by atoms with Gasteiger partial charge in [-0.15, -0.1) is 11.3 Å². The van der Waals surface area contributed by atoms with E-state index in [9.17, 15) is 14.4 Å². The highest BCUT2D eigenvalue weighted by Crippen LogP contribution is 2.37. The quantitative estimate of drug-likeness (QED) is 0.302. The summed E-state index contributed by atoms with van der Waals surface area (Å²) in [7, 11) is 0. The molecule has 6 nitrogen and oxygen atoms in total. The smallest absolute Gasteiger partial charge is 0.348 e. The second-order valence-electron chi connectivity index (χ2n) is 6.41. The Labute approximate surface area is 184 Å². The van der Waals surface area contributed by atoms with E-state index in [0.29, 0.717) is 26.5 Å². The first-order chi connectivity index (χ1) is 14.4. The molecule has 30 heavy (non-hydrogen) atoms. The van der Waals surface area contributed by atoms with Gasteiger partial charge in [0.2, 0.25) is 0 Å². The number of ether oxygens (including phenoxy) is 3. The highest BCUT2D eigenvalue weighted by molar-refractivity contribution is 7.11. The van der Waals surface area contributed by atoms with E-state index < -0.39 is 18.4 Å². The van der Waals surface area contributed by atoms with Gasteiger partial charge in [0.05, 0.1) is 0 Å². The number of hydrogen-bond acceptors (Lipinski definition) is 6. The summed E-state index contributed by atoms with van der Waals surface area (Å²) in [5.74, 6) is 0.0704. The maximum absolute atomic E-state index is 13.4. The van der Waals surface area contributed by atoms with Gasteiger partial charge in [-0.1, -0.05) is 35.3 Å². The lowest BCUT2D eigenvalue weighted by Gasteiger charge is -2.24. The van der Waals surface area contributed by atoms with Gasteiger partial charge in [-0.05, 0) is 29.1 Å². The van der Waals surface area contributed by atoms with Gasteiger partial charge in [-0.2, -0.15) is 9.12 Å². The number of aromatic nitrogens is 1. The summed E-state index contributed by atoms with van der Waals surface area (Å²) < 4.78 is 30.1. The van der Waals surface area contributed by atoms with E-state index in [1.807, 2.05) is 0 Å². The van der Waals surface area contributed by atoms with Crippen LogP contribution in [0.15, 0.2) is 48.1 Å². The van der Waals surface area contributed by atoms with Gasteiger partial charge in [0.25, 0.3) is 6.36 Å². The lowest BCUT2D eigenvalue weighted by atomic mass is 10.0. The molecule has 0 bridgehead atoms.